The fourth-order valence-corrected chi connectivity index (χ4v) is 1.45. The molecule has 0 radical (unpaired) electrons. The Hall–Kier alpha value is -1.10. The quantitative estimate of drug-likeness (QED) is 0.775. The van der Waals surface area contributed by atoms with Crippen molar-refractivity contribution in [1.82, 2.24) is 0 Å². The van der Waals surface area contributed by atoms with Crippen molar-refractivity contribution in [1.29, 1.82) is 0 Å². The molecule has 0 spiro atoms. The maximum absolute atomic E-state index is 12.6. The maximum atomic E-state index is 12.6. The molecule has 0 fully saturated rings. The second kappa shape index (κ2) is 3.74. The van der Waals surface area contributed by atoms with Gasteiger partial charge in [0.25, 0.3) is 0 Å². The third-order valence-electron chi connectivity index (χ3n) is 1.42. The predicted octanol–water partition coefficient (Wildman–Crippen LogP) is 2.08. The average molecular weight is 249 g/mol. The molecule has 70 valence electrons. The lowest BCUT2D eigenvalue weighted by Crippen LogP contribution is -2.03. The van der Waals surface area contributed by atoms with E-state index in [1.165, 1.54) is 7.11 Å². The maximum Gasteiger partial charge on any atom is 0.342 e. The predicted molar refractivity (Wildman–Crippen MR) is 47.1 cm³/mol. The van der Waals surface area contributed by atoms with Crippen LogP contribution >= 0.6 is 15.9 Å². The highest BCUT2D eigenvalue weighted by Crippen LogP contribution is 2.27. The molecule has 0 saturated carbocycles. The zero-order valence-corrected chi connectivity index (χ0v) is 8.26. The fraction of sp³-hybridized carbons (Fsp3) is 0.125. The van der Waals surface area contributed by atoms with Crippen LogP contribution in [0.3, 0.4) is 0 Å². The third kappa shape index (κ3) is 1.98. The van der Waals surface area contributed by atoms with Crippen LogP contribution in [-0.4, -0.2) is 18.2 Å². The van der Waals surface area contributed by atoms with Gasteiger partial charge in [-0.3, -0.25) is 0 Å². The molecule has 1 aromatic rings. The van der Waals surface area contributed by atoms with Crippen LogP contribution in [-0.2, 0) is 4.74 Å². The van der Waals surface area contributed by atoms with Gasteiger partial charge in [-0.25, -0.2) is 9.18 Å². The first-order chi connectivity index (χ1) is 6.06. The first kappa shape index (κ1) is 9.98. The van der Waals surface area contributed by atoms with E-state index < -0.39 is 17.5 Å². The lowest BCUT2D eigenvalue weighted by Gasteiger charge is -2.04. The van der Waals surface area contributed by atoms with Crippen molar-refractivity contribution in [2.75, 3.05) is 7.11 Å². The monoisotopic (exact) mass is 248 g/mol. The minimum atomic E-state index is -0.718. The number of ether oxygens (including phenoxy) is 1. The molecule has 0 aromatic heterocycles. The van der Waals surface area contributed by atoms with Crippen LogP contribution in [0.15, 0.2) is 16.6 Å². The van der Waals surface area contributed by atoms with Gasteiger partial charge in [-0.2, -0.15) is 0 Å². The van der Waals surface area contributed by atoms with E-state index in [0.717, 1.165) is 12.1 Å². The van der Waals surface area contributed by atoms with Crippen molar-refractivity contribution < 1.29 is 19.0 Å². The van der Waals surface area contributed by atoms with Gasteiger partial charge in [0.05, 0.1) is 7.11 Å². The second-order valence-corrected chi connectivity index (χ2v) is 3.13. The van der Waals surface area contributed by atoms with Crippen LogP contribution in [0.5, 0.6) is 5.75 Å². The lowest BCUT2D eigenvalue weighted by atomic mass is 10.2. The number of halogens is 2. The Labute approximate surface area is 82.3 Å². The van der Waals surface area contributed by atoms with Gasteiger partial charge in [0, 0.05) is 10.5 Å². The number of esters is 1. The molecular formula is C8H6BrFO3. The van der Waals surface area contributed by atoms with E-state index in [-0.39, 0.29) is 10.0 Å². The normalized spacial score (nSPS) is 9.77. The molecule has 0 saturated heterocycles. The molecule has 0 aliphatic carbocycles. The summed E-state index contributed by atoms with van der Waals surface area (Å²) in [4.78, 5) is 11.0. The molecule has 0 heterocycles. The van der Waals surface area contributed by atoms with Gasteiger partial charge < -0.3 is 9.84 Å². The van der Waals surface area contributed by atoms with E-state index in [9.17, 15) is 14.3 Å². The number of rotatable bonds is 1. The zero-order valence-electron chi connectivity index (χ0n) is 6.67. The Bertz CT molecular complexity index is 328. The minimum Gasteiger partial charge on any atom is -0.507 e. The summed E-state index contributed by atoms with van der Waals surface area (Å²) in [6, 6.07) is 1.92. The van der Waals surface area contributed by atoms with Crippen molar-refractivity contribution in [3.05, 3.63) is 28.0 Å². The van der Waals surface area contributed by atoms with E-state index in [0.29, 0.717) is 0 Å². The molecule has 0 amide bonds. The summed E-state index contributed by atoms with van der Waals surface area (Å²) in [6.07, 6.45) is 0. The molecule has 13 heavy (non-hydrogen) atoms. The number of hydrogen-bond acceptors (Lipinski definition) is 3. The number of aromatic hydroxyl groups is 1. The van der Waals surface area contributed by atoms with Gasteiger partial charge in [-0.05, 0) is 22.0 Å². The summed E-state index contributed by atoms with van der Waals surface area (Å²) in [7, 11) is 1.18. The third-order valence-corrected chi connectivity index (χ3v) is 2.05. The molecule has 1 N–H and O–H groups in total. The largest absolute Gasteiger partial charge is 0.507 e. The average Bonchev–Trinajstić information content (AvgIpc) is 2.02. The van der Waals surface area contributed by atoms with E-state index in [4.69, 9.17) is 0 Å². The molecule has 1 aromatic carbocycles. The smallest absolute Gasteiger partial charge is 0.342 e. The molecule has 0 bridgehead atoms. The SMILES string of the molecule is COC(=O)c1c(O)cc(F)cc1Br. The Morgan fingerprint density at radius 1 is 1.62 bits per heavy atom. The van der Waals surface area contributed by atoms with Crippen LogP contribution in [0.4, 0.5) is 4.39 Å². The number of hydrogen-bond donors (Lipinski definition) is 1. The van der Waals surface area contributed by atoms with Crippen LogP contribution < -0.4 is 0 Å². The highest BCUT2D eigenvalue weighted by Gasteiger charge is 2.16. The Morgan fingerprint density at radius 3 is 2.69 bits per heavy atom. The van der Waals surface area contributed by atoms with Crippen molar-refractivity contribution in [2.45, 2.75) is 0 Å². The van der Waals surface area contributed by atoms with Crippen molar-refractivity contribution in [2.24, 2.45) is 0 Å². The molecular weight excluding hydrogens is 243 g/mol. The van der Waals surface area contributed by atoms with Gasteiger partial charge in [-0.15, -0.1) is 0 Å². The van der Waals surface area contributed by atoms with Gasteiger partial charge >= 0.3 is 5.97 Å². The minimum absolute atomic E-state index is 0.0797. The van der Waals surface area contributed by atoms with Crippen LogP contribution in [0.1, 0.15) is 10.4 Å². The Kier molecular flexibility index (Phi) is 2.87. The first-order valence-corrected chi connectivity index (χ1v) is 4.12. The molecule has 0 unspecified atom stereocenters. The van der Waals surface area contributed by atoms with Crippen LogP contribution in [0.25, 0.3) is 0 Å². The standard InChI is InChI=1S/C8H6BrFO3/c1-13-8(12)7-5(9)2-4(10)3-6(7)11/h2-3,11H,1H3. The van der Waals surface area contributed by atoms with E-state index in [2.05, 4.69) is 20.7 Å². The first-order valence-electron chi connectivity index (χ1n) is 3.32. The summed E-state index contributed by atoms with van der Waals surface area (Å²) in [5.74, 6) is -1.79. The highest BCUT2D eigenvalue weighted by atomic mass is 79.9. The number of benzene rings is 1. The number of carbonyl (C=O) groups is 1. The summed E-state index contributed by atoms with van der Waals surface area (Å²) in [5.41, 5.74) is -0.0797. The molecule has 0 aliphatic rings. The number of phenolic OH excluding ortho intramolecular Hbond substituents is 1. The van der Waals surface area contributed by atoms with Crippen molar-refractivity contribution in [3.8, 4) is 5.75 Å². The summed E-state index contributed by atoms with van der Waals surface area (Å²) < 4.78 is 17.2. The van der Waals surface area contributed by atoms with Gasteiger partial charge in [0.15, 0.2) is 0 Å². The number of methoxy groups -OCH3 is 1. The van der Waals surface area contributed by atoms with Crippen LogP contribution in [0, 0.1) is 5.82 Å². The Balaban J connectivity index is 3.28. The summed E-state index contributed by atoms with van der Waals surface area (Å²) in [5, 5.41) is 9.20. The topological polar surface area (TPSA) is 46.5 Å². The lowest BCUT2D eigenvalue weighted by molar-refractivity contribution is 0.0596. The molecule has 0 atom stereocenters. The number of phenols is 1. The van der Waals surface area contributed by atoms with E-state index in [1.54, 1.807) is 0 Å². The van der Waals surface area contributed by atoms with E-state index in [1.807, 2.05) is 0 Å². The zero-order chi connectivity index (χ0) is 10.0. The highest BCUT2D eigenvalue weighted by molar-refractivity contribution is 9.10. The van der Waals surface area contributed by atoms with Gasteiger partial charge in [-0.1, -0.05) is 0 Å². The van der Waals surface area contributed by atoms with Crippen LogP contribution in [0.2, 0.25) is 0 Å². The second-order valence-electron chi connectivity index (χ2n) is 2.27. The fourth-order valence-electron chi connectivity index (χ4n) is 0.864. The van der Waals surface area contributed by atoms with Gasteiger partial charge in [0.1, 0.15) is 17.1 Å². The summed E-state index contributed by atoms with van der Waals surface area (Å²) >= 11 is 2.94. The molecule has 1 rings (SSSR count). The number of carbonyl (C=O) groups excluding carboxylic acids is 1. The van der Waals surface area contributed by atoms with Crippen molar-refractivity contribution >= 4 is 21.9 Å². The summed E-state index contributed by atoms with van der Waals surface area (Å²) in [6.45, 7) is 0. The Morgan fingerprint density at radius 2 is 2.23 bits per heavy atom. The molecule has 5 heteroatoms. The molecule has 0 aliphatic heterocycles. The van der Waals surface area contributed by atoms with Gasteiger partial charge in [0.2, 0.25) is 0 Å². The van der Waals surface area contributed by atoms with E-state index >= 15 is 0 Å². The van der Waals surface area contributed by atoms with Crippen molar-refractivity contribution in [3.63, 3.8) is 0 Å². The molecule has 3 nitrogen and oxygen atoms in total.